The zero-order chi connectivity index (χ0) is 27.2. The summed E-state index contributed by atoms with van der Waals surface area (Å²) in [6.07, 6.45) is -2.47. The van der Waals surface area contributed by atoms with Gasteiger partial charge in [0.15, 0.2) is 11.7 Å². The van der Waals surface area contributed by atoms with Crippen molar-refractivity contribution in [2.45, 2.75) is 57.8 Å². The Labute approximate surface area is 229 Å². The van der Waals surface area contributed by atoms with Crippen LogP contribution in [0.15, 0.2) is 34.8 Å². The Hall–Kier alpha value is -2.86. The highest BCUT2D eigenvalue weighted by Crippen LogP contribution is 2.47. The van der Waals surface area contributed by atoms with Gasteiger partial charge in [-0.1, -0.05) is 37.3 Å². The Bertz CT molecular complexity index is 1370. The average Bonchev–Trinajstić information content (AvgIpc) is 3.40. The molecule has 7 nitrogen and oxygen atoms in total. The number of carbonyl (C=O) groups excluding carboxylic acids is 2. The lowest BCUT2D eigenvalue weighted by atomic mass is 9.88. The van der Waals surface area contributed by atoms with E-state index < -0.39 is 30.1 Å². The zero-order valence-electron chi connectivity index (χ0n) is 20.7. The minimum absolute atomic E-state index is 0.0718. The molecule has 1 amide bonds. The van der Waals surface area contributed by atoms with Crippen LogP contribution in [0.4, 0.5) is 24.0 Å². The lowest BCUT2D eigenvalue weighted by Gasteiger charge is -2.33. The Morgan fingerprint density at radius 3 is 2.71 bits per heavy atom. The van der Waals surface area contributed by atoms with Crippen molar-refractivity contribution in [1.29, 1.82) is 0 Å². The maximum atomic E-state index is 14.1. The Morgan fingerprint density at radius 1 is 1.29 bits per heavy atom. The largest absolute Gasteiger partial charge is 0.462 e. The molecule has 3 atom stereocenters. The second-order valence-corrected chi connectivity index (χ2v) is 11.5. The molecule has 0 spiro atoms. The van der Waals surface area contributed by atoms with Crippen LogP contribution in [-0.4, -0.2) is 34.4 Å². The van der Waals surface area contributed by atoms with Gasteiger partial charge in [0, 0.05) is 11.3 Å². The van der Waals surface area contributed by atoms with E-state index in [9.17, 15) is 22.8 Å². The molecular formula is C26H26BrF3N4O3S. The van der Waals surface area contributed by atoms with Crippen molar-refractivity contribution in [2.75, 3.05) is 17.2 Å². The van der Waals surface area contributed by atoms with Crippen molar-refractivity contribution in [3.8, 4) is 0 Å². The number of esters is 1. The second-order valence-electron chi connectivity index (χ2n) is 9.59. The molecule has 3 unspecified atom stereocenters. The van der Waals surface area contributed by atoms with Crippen molar-refractivity contribution >= 4 is 50.0 Å². The second kappa shape index (κ2) is 10.4. The van der Waals surface area contributed by atoms with Crippen LogP contribution in [0.25, 0.3) is 0 Å². The number of hydrogen-bond donors (Lipinski definition) is 2. The lowest BCUT2D eigenvalue weighted by molar-refractivity contribution is -0.173. The molecule has 12 heteroatoms. The maximum absolute atomic E-state index is 14.1. The molecule has 0 saturated carbocycles. The smallest absolute Gasteiger partial charge is 0.410 e. The lowest BCUT2D eigenvalue weighted by Crippen LogP contribution is -2.35. The van der Waals surface area contributed by atoms with Crippen LogP contribution in [0.5, 0.6) is 0 Å². The monoisotopic (exact) mass is 610 g/mol. The van der Waals surface area contributed by atoms with Gasteiger partial charge in [-0.3, -0.25) is 4.79 Å². The van der Waals surface area contributed by atoms with Gasteiger partial charge < -0.3 is 15.4 Å². The summed E-state index contributed by atoms with van der Waals surface area (Å²) >= 11 is 4.63. The summed E-state index contributed by atoms with van der Waals surface area (Å²) in [5, 5.41) is 10.3. The van der Waals surface area contributed by atoms with Crippen molar-refractivity contribution in [3.05, 3.63) is 62.1 Å². The minimum Gasteiger partial charge on any atom is -0.462 e. The number of amides is 1. The number of thiophene rings is 1. The Kier molecular flexibility index (Phi) is 7.29. The molecule has 3 aromatic rings. The van der Waals surface area contributed by atoms with Crippen LogP contribution in [-0.2, 0) is 17.6 Å². The average molecular weight is 611 g/mol. The number of rotatable bonds is 5. The molecule has 202 valence electrons. The summed E-state index contributed by atoms with van der Waals surface area (Å²) in [6, 6.07) is 6.30. The number of fused-ring (bicyclic) bond motifs is 2. The number of halogens is 4. The summed E-state index contributed by atoms with van der Waals surface area (Å²) < 4.78 is 48.6. The van der Waals surface area contributed by atoms with Crippen LogP contribution >= 0.6 is 27.3 Å². The normalized spacial score (nSPS) is 20.7. The Balaban J connectivity index is 1.50. The fourth-order valence-electron chi connectivity index (χ4n) is 5.06. The molecule has 0 saturated heterocycles. The van der Waals surface area contributed by atoms with E-state index in [1.165, 1.54) is 11.3 Å². The predicted octanol–water partition coefficient (Wildman–Crippen LogP) is 6.92. The number of ether oxygens (including phenoxy) is 1. The van der Waals surface area contributed by atoms with Gasteiger partial charge in [0.25, 0.3) is 5.91 Å². The van der Waals surface area contributed by atoms with E-state index in [2.05, 4.69) is 38.6 Å². The van der Waals surface area contributed by atoms with Crippen molar-refractivity contribution in [3.63, 3.8) is 0 Å². The predicted molar refractivity (Wildman–Crippen MR) is 142 cm³/mol. The first-order valence-corrected chi connectivity index (χ1v) is 14.0. The van der Waals surface area contributed by atoms with Crippen molar-refractivity contribution in [2.24, 2.45) is 5.92 Å². The van der Waals surface area contributed by atoms with E-state index in [1.54, 1.807) is 37.3 Å². The molecule has 3 heterocycles. The summed E-state index contributed by atoms with van der Waals surface area (Å²) in [4.78, 5) is 27.2. The van der Waals surface area contributed by atoms with Gasteiger partial charge in [-0.25, -0.2) is 9.48 Å². The third-order valence-electron chi connectivity index (χ3n) is 6.93. The molecule has 0 fully saturated rings. The topological polar surface area (TPSA) is 85.2 Å². The highest BCUT2D eigenvalue weighted by molar-refractivity contribution is 9.10. The molecular weight excluding hydrogens is 585 g/mol. The molecule has 5 rings (SSSR count). The van der Waals surface area contributed by atoms with Crippen LogP contribution in [0, 0.1) is 5.92 Å². The molecule has 2 aliphatic rings. The zero-order valence-corrected chi connectivity index (χ0v) is 23.1. The van der Waals surface area contributed by atoms with E-state index in [1.807, 2.05) is 0 Å². The van der Waals surface area contributed by atoms with Crippen molar-refractivity contribution in [1.82, 2.24) is 9.78 Å². The first-order valence-electron chi connectivity index (χ1n) is 12.4. The number of alkyl halides is 3. The third kappa shape index (κ3) is 4.95. The number of aromatic nitrogens is 2. The minimum atomic E-state index is -4.58. The van der Waals surface area contributed by atoms with Crippen LogP contribution < -0.4 is 10.6 Å². The van der Waals surface area contributed by atoms with Crippen LogP contribution in [0.1, 0.15) is 75.6 Å². The van der Waals surface area contributed by atoms with Gasteiger partial charge >= 0.3 is 12.1 Å². The molecule has 2 aromatic heterocycles. The molecule has 38 heavy (non-hydrogen) atoms. The number of anilines is 2. The quantitative estimate of drug-likeness (QED) is 0.306. The van der Waals surface area contributed by atoms with Gasteiger partial charge in [0.05, 0.1) is 22.7 Å². The van der Waals surface area contributed by atoms with Gasteiger partial charge in [-0.2, -0.15) is 18.3 Å². The highest BCUT2D eigenvalue weighted by atomic mass is 79.9. The van der Waals surface area contributed by atoms with Crippen LogP contribution in [0.2, 0.25) is 0 Å². The van der Waals surface area contributed by atoms with E-state index >= 15 is 0 Å². The van der Waals surface area contributed by atoms with E-state index in [-0.39, 0.29) is 29.0 Å². The first-order chi connectivity index (χ1) is 18.1. The van der Waals surface area contributed by atoms with Gasteiger partial charge in [-0.15, -0.1) is 11.3 Å². The fourth-order valence-corrected chi connectivity index (χ4v) is 7.01. The van der Waals surface area contributed by atoms with Gasteiger partial charge in [-0.05, 0) is 59.2 Å². The molecule has 1 aromatic carbocycles. The number of benzene rings is 1. The Morgan fingerprint density at radius 2 is 2.03 bits per heavy atom. The molecule has 1 aliphatic heterocycles. The molecule has 1 aliphatic carbocycles. The summed E-state index contributed by atoms with van der Waals surface area (Å²) in [6.45, 7) is 4.01. The van der Waals surface area contributed by atoms with Gasteiger partial charge in [0.2, 0.25) is 0 Å². The fraction of sp³-hybridized carbons (Fsp3) is 0.423. The van der Waals surface area contributed by atoms with Gasteiger partial charge in [0.1, 0.15) is 10.8 Å². The van der Waals surface area contributed by atoms with Crippen molar-refractivity contribution < 1.29 is 27.5 Å². The number of carbonyl (C=O) groups is 2. The third-order valence-corrected chi connectivity index (χ3v) is 8.85. The number of hydrogen-bond acceptors (Lipinski definition) is 6. The van der Waals surface area contributed by atoms with Crippen LogP contribution in [0.3, 0.4) is 0 Å². The summed E-state index contributed by atoms with van der Waals surface area (Å²) in [7, 11) is 0. The standard InChI is InChI=1S/C26H26BrF3N4O3S/c1-3-37-25(36)19-15-10-9-13(2)11-17(15)38-24(19)32-23(35)21-20(27)22-31-16(14-7-5-4-6-8-14)12-18(26(28,29)30)34(22)33-21/h4-8,13,16,18,31H,3,9-12H2,1-2H3,(H,32,35). The summed E-state index contributed by atoms with van der Waals surface area (Å²) in [5.74, 6) is -0.725. The van der Waals surface area contributed by atoms with E-state index in [0.717, 1.165) is 28.0 Å². The molecule has 0 radical (unpaired) electrons. The molecule has 0 bridgehead atoms. The SMILES string of the molecule is CCOC(=O)c1c(NC(=O)c2nn3c(c2Br)NC(c2ccccc2)CC3C(F)(F)F)sc2c1CCC(C)C2. The van der Waals surface area contributed by atoms with E-state index in [4.69, 9.17) is 4.74 Å². The summed E-state index contributed by atoms with van der Waals surface area (Å²) in [5.41, 5.74) is 1.69. The van der Waals surface area contributed by atoms with E-state index in [0.29, 0.717) is 28.5 Å². The maximum Gasteiger partial charge on any atom is 0.410 e. The molecule has 2 N–H and O–H groups in total. The number of nitrogens with one attached hydrogen (secondary N) is 2. The first kappa shape index (κ1) is 26.7. The number of nitrogens with zero attached hydrogens (tertiary/aromatic N) is 2. The highest BCUT2D eigenvalue weighted by Gasteiger charge is 2.48.